The molecule has 7 nitrogen and oxygen atoms in total. The first-order valence-electron chi connectivity index (χ1n) is 10.3. The number of fused-ring (bicyclic) bond motifs is 3. The van der Waals surface area contributed by atoms with Gasteiger partial charge in [0, 0.05) is 37.1 Å². The fourth-order valence-corrected chi connectivity index (χ4v) is 4.36. The van der Waals surface area contributed by atoms with Gasteiger partial charge in [-0.1, -0.05) is 12.1 Å². The predicted octanol–water partition coefficient (Wildman–Crippen LogP) is 4.41. The van der Waals surface area contributed by atoms with Crippen molar-refractivity contribution in [1.29, 1.82) is 0 Å². The molecule has 0 aliphatic carbocycles. The van der Waals surface area contributed by atoms with Crippen molar-refractivity contribution in [3.8, 4) is 17.0 Å². The second-order valence-corrected chi connectivity index (χ2v) is 7.76. The molecule has 1 amide bonds. The molecule has 0 atom stereocenters. The van der Waals surface area contributed by atoms with E-state index in [2.05, 4.69) is 22.1 Å². The number of carbonyl (C=O) groups excluding carboxylic acids is 1. The molecule has 0 fully saturated rings. The zero-order valence-electron chi connectivity index (χ0n) is 17.5. The third-order valence-corrected chi connectivity index (χ3v) is 6.03. The number of amides is 1. The summed E-state index contributed by atoms with van der Waals surface area (Å²) < 4.78 is 0. The number of aromatic nitrogens is 1. The third kappa shape index (κ3) is 3.25. The number of hydrogen-bond acceptors (Lipinski definition) is 5. The van der Waals surface area contributed by atoms with E-state index < -0.39 is 0 Å². The number of nitrogens with zero attached hydrogens (tertiary/aromatic N) is 3. The molecule has 0 saturated heterocycles. The minimum absolute atomic E-state index is 0.0219. The Morgan fingerprint density at radius 1 is 1.20 bits per heavy atom. The zero-order valence-corrected chi connectivity index (χ0v) is 17.5. The normalized spacial score (nSPS) is 14.0. The molecular formula is C23H26N4O3. The fraction of sp³-hybridized carbons (Fsp3) is 0.348. The van der Waals surface area contributed by atoms with Gasteiger partial charge in [-0.3, -0.25) is 4.79 Å². The van der Waals surface area contributed by atoms with Crippen LogP contribution in [0, 0.1) is 4.91 Å². The van der Waals surface area contributed by atoms with Crippen LogP contribution in [0.15, 0.2) is 35.5 Å². The SMILES string of the molecule is CCN(CC)C(=O)c1ccc(-c2cc3c(N=O)c(O)[nH]c3c3c2CCN(C)C3)cc1. The lowest BCUT2D eigenvalue weighted by molar-refractivity contribution is 0.0773. The van der Waals surface area contributed by atoms with E-state index >= 15 is 0 Å². The number of nitrogens with one attached hydrogen (secondary N) is 1. The molecule has 7 heteroatoms. The van der Waals surface area contributed by atoms with Crippen LogP contribution in [0.2, 0.25) is 0 Å². The Morgan fingerprint density at radius 2 is 1.90 bits per heavy atom. The van der Waals surface area contributed by atoms with Gasteiger partial charge < -0.3 is 19.9 Å². The Bertz CT molecular complexity index is 1110. The van der Waals surface area contributed by atoms with Gasteiger partial charge in [0.2, 0.25) is 5.88 Å². The smallest absolute Gasteiger partial charge is 0.253 e. The Kier molecular flexibility index (Phi) is 5.30. The van der Waals surface area contributed by atoms with E-state index in [-0.39, 0.29) is 17.5 Å². The molecule has 4 rings (SSSR count). The van der Waals surface area contributed by atoms with E-state index in [1.165, 1.54) is 5.56 Å². The third-order valence-electron chi connectivity index (χ3n) is 6.03. The van der Waals surface area contributed by atoms with Crippen molar-refractivity contribution < 1.29 is 9.90 Å². The molecule has 3 aromatic rings. The predicted molar refractivity (Wildman–Crippen MR) is 118 cm³/mol. The standard InChI is InChI=1S/C23H26N4O3/c1-4-27(5-2)23(29)15-8-6-14(7-9-15)17-12-18-20(24-22(28)21(18)25-30)19-13-26(3)11-10-16(17)19/h6-9,12,24,28H,4-5,10-11,13H2,1-3H3. The quantitative estimate of drug-likeness (QED) is 0.614. The van der Waals surface area contributed by atoms with Gasteiger partial charge in [0.1, 0.15) is 0 Å². The van der Waals surface area contributed by atoms with E-state index in [0.717, 1.165) is 41.7 Å². The zero-order chi connectivity index (χ0) is 21.4. The van der Waals surface area contributed by atoms with Crippen LogP contribution in [0.3, 0.4) is 0 Å². The highest BCUT2D eigenvalue weighted by Gasteiger charge is 2.24. The number of rotatable bonds is 5. The number of benzene rings is 2. The van der Waals surface area contributed by atoms with Crippen molar-refractivity contribution >= 4 is 22.5 Å². The maximum Gasteiger partial charge on any atom is 0.253 e. The van der Waals surface area contributed by atoms with Gasteiger partial charge in [0.05, 0.1) is 5.52 Å². The van der Waals surface area contributed by atoms with Crippen LogP contribution >= 0.6 is 0 Å². The van der Waals surface area contributed by atoms with E-state index in [9.17, 15) is 14.8 Å². The fourth-order valence-electron chi connectivity index (χ4n) is 4.36. The molecule has 1 aliphatic rings. The highest BCUT2D eigenvalue weighted by atomic mass is 16.3. The minimum Gasteiger partial charge on any atom is -0.493 e. The van der Waals surface area contributed by atoms with E-state index in [1.54, 1.807) is 4.90 Å². The Morgan fingerprint density at radius 3 is 2.53 bits per heavy atom. The van der Waals surface area contributed by atoms with Crippen molar-refractivity contribution in [2.24, 2.45) is 5.18 Å². The van der Waals surface area contributed by atoms with Crippen LogP contribution < -0.4 is 0 Å². The highest BCUT2D eigenvalue weighted by molar-refractivity contribution is 6.01. The maximum atomic E-state index is 12.6. The van der Waals surface area contributed by atoms with E-state index in [1.807, 2.05) is 44.2 Å². The van der Waals surface area contributed by atoms with Crippen LogP contribution in [0.5, 0.6) is 5.88 Å². The Labute approximate surface area is 175 Å². The van der Waals surface area contributed by atoms with Crippen LogP contribution in [0.1, 0.15) is 35.3 Å². The van der Waals surface area contributed by atoms with Gasteiger partial charge in [-0.25, -0.2) is 0 Å². The summed E-state index contributed by atoms with van der Waals surface area (Å²) in [5.41, 5.74) is 5.72. The molecule has 0 saturated carbocycles. The number of nitroso groups, excluding NO2 is 1. The molecular weight excluding hydrogens is 380 g/mol. The van der Waals surface area contributed by atoms with Crippen molar-refractivity contribution in [3.05, 3.63) is 51.9 Å². The average molecular weight is 406 g/mol. The lowest BCUT2D eigenvalue weighted by Crippen LogP contribution is -2.30. The molecule has 1 aromatic heterocycles. The van der Waals surface area contributed by atoms with Crippen LogP contribution in [0.4, 0.5) is 5.69 Å². The molecule has 1 aliphatic heterocycles. The largest absolute Gasteiger partial charge is 0.493 e. The lowest BCUT2D eigenvalue weighted by atomic mass is 9.88. The second-order valence-electron chi connectivity index (χ2n) is 7.76. The molecule has 0 spiro atoms. The molecule has 30 heavy (non-hydrogen) atoms. The highest BCUT2D eigenvalue weighted by Crippen LogP contribution is 2.42. The molecule has 0 unspecified atom stereocenters. The summed E-state index contributed by atoms with van der Waals surface area (Å²) >= 11 is 0. The first-order chi connectivity index (χ1) is 14.5. The number of aromatic hydroxyl groups is 1. The summed E-state index contributed by atoms with van der Waals surface area (Å²) in [5.74, 6) is -0.179. The van der Waals surface area contributed by atoms with Gasteiger partial charge in [-0.05, 0) is 72.9 Å². The van der Waals surface area contributed by atoms with Gasteiger partial charge in [0.25, 0.3) is 5.91 Å². The van der Waals surface area contributed by atoms with Crippen molar-refractivity contribution in [2.75, 3.05) is 26.7 Å². The number of likely N-dealkylation sites (N-methyl/N-ethyl adjacent to an activating group) is 1. The summed E-state index contributed by atoms with van der Waals surface area (Å²) in [7, 11) is 2.05. The summed E-state index contributed by atoms with van der Waals surface area (Å²) in [6, 6.07) is 9.55. The number of carbonyl (C=O) groups is 1. The van der Waals surface area contributed by atoms with Gasteiger partial charge in [-0.15, -0.1) is 4.91 Å². The Hall–Kier alpha value is -3.19. The molecule has 0 radical (unpaired) electrons. The lowest BCUT2D eigenvalue weighted by Gasteiger charge is -2.27. The molecule has 0 bridgehead atoms. The average Bonchev–Trinajstić information content (AvgIpc) is 3.09. The van der Waals surface area contributed by atoms with Gasteiger partial charge in [0.15, 0.2) is 5.69 Å². The van der Waals surface area contributed by atoms with Crippen LogP contribution in [-0.2, 0) is 13.0 Å². The molecule has 2 heterocycles. The van der Waals surface area contributed by atoms with Gasteiger partial charge in [-0.2, -0.15) is 0 Å². The van der Waals surface area contributed by atoms with E-state index in [4.69, 9.17) is 0 Å². The topological polar surface area (TPSA) is 89.0 Å². The Balaban J connectivity index is 1.84. The van der Waals surface area contributed by atoms with Crippen molar-refractivity contribution in [3.63, 3.8) is 0 Å². The molecule has 156 valence electrons. The van der Waals surface area contributed by atoms with Crippen LogP contribution in [0.25, 0.3) is 22.0 Å². The summed E-state index contributed by atoms with van der Waals surface area (Å²) in [6.45, 7) is 6.94. The minimum atomic E-state index is -0.201. The van der Waals surface area contributed by atoms with Crippen LogP contribution in [-0.4, -0.2) is 52.5 Å². The second kappa shape index (κ2) is 7.91. The number of aromatic amines is 1. The van der Waals surface area contributed by atoms with Crippen molar-refractivity contribution in [2.45, 2.75) is 26.8 Å². The summed E-state index contributed by atoms with van der Waals surface area (Å²) in [5, 5.41) is 13.8. The molecule has 2 N–H and O–H groups in total. The van der Waals surface area contributed by atoms with Gasteiger partial charge >= 0.3 is 0 Å². The maximum absolute atomic E-state index is 12.6. The first kappa shape index (κ1) is 20.1. The molecule has 2 aromatic carbocycles. The van der Waals surface area contributed by atoms with Crippen molar-refractivity contribution in [1.82, 2.24) is 14.8 Å². The summed E-state index contributed by atoms with van der Waals surface area (Å²) in [6.07, 6.45) is 0.862. The first-order valence-corrected chi connectivity index (χ1v) is 10.3. The monoisotopic (exact) mass is 406 g/mol. The summed E-state index contributed by atoms with van der Waals surface area (Å²) in [4.78, 5) is 30.9. The number of H-pyrrole nitrogens is 1. The number of hydrogen-bond donors (Lipinski definition) is 2. The van der Waals surface area contributed by atoms with E-state index in [0.29, 0.717) is 24.0 Å².